The Balaban J connectivity index is 2.15. The van der Waals surface area contributed by atoms with Crippen LogP contribution in [0.25, 0.3) is 0 Å². The van der Waals surface area contributed by atoms with Crippen molar-refractivity contribution in [3.8, 4) is 5.75 Å². The van der Waals surface area contributed by atoms with Crippen LogP contribution < -0.4 is 4.74 Å². The van der Waals surface area contributed by atoms with Crippen LogP contribution in [-0.2, 0) is 22.3 Å². The molecule has 0 fully saturated rings. The SMILES string of the molecule is COc1cc(CN(C)S(=O)(=O)Cc2ccc(Cl)c(Cl)c2)ccc1SC. The monoisotopic (exact) mass is 419 g/mol. The third kappa shape index (κ3) is 5.28. The first-order chi connectivity index (χ1) is 11.8. The highest BCUT2D eigenvalue weighted by Gasteiger charge is 2.20. The van der Waals surface area contributed by atoms with Gasteiger partial charge in [0.2, 0.25) is 10.0 Å². The van der Waals surface area contributed by atoms with Gasteiger partial charge >= 0.3 is 0 Å². The average molecular weight is 420 g/mol. The normalized spacial score (nSPS) is 11.8. The van der Waals surface area contributed by atoms with Crippen molar-refractivity contribution < 1.29 is 13.2 Å². The molecule has 0 aromatic heterocycles. The largest absolute Gasteiger partial charge is 0.496 e. The van der Waals surface area contributed by atoms with Crippen LogP contribution in [0.3, 0.4) is 0 Å². The van der Waals surface area contributed by atoms with Gasteiger partial charge in [0.1, 0.15) is 5.75 Å². The van der Waals surface area contributed by atoms with Gasteiger partial charge in [-0.15, -0.1) is 11.8 Å². The van der Waals surface area contributed by atoms with Gasteiger partial charge < -0.3 is 4.74 Å². The van der Waals surface area contributed by atoms with E-state index in [1.165, 1.54) is 4.31 Å². The Kier molecular flexibility index (Phi) is 7.05. The van der Waals surface area contributed by atoms with E-state index in [-0.39, 0.29) is 12.3 Å². The third-order valence-corrected chi connectivity index (χ3v) is 6.95. The molecule has 2 aromatic carbocycles. The molecular formula is C17H19Cl2NO3S2. The first kappa shape index (κ1) is 20.4. The zero-order chi connectivity index (χ0) is 18.6. The topological polar surface area (TPSA) is 46.6 Å². The lowest BCUT2D eigenvalue weighted by molar-refractivity contribution is 0.402. The fourth-order valence-corrected chi connectivity index (χ4v) is 4.32. The molecule has 0 aliphatic heterocycles. The summed E-state index contributed by atoms with van der Waals surface area (Å²) in [7, 11) is -0.333. The number of nitrogens with zero attached hydrogens (tertiary/aromatic N) is 1. The van der Waals surface area contributed by atoms with Gasteiger partial charge in [0.05, 0.1) is 22.9 Å². The third-order valence-electron chi connectivity index (χ3n) is 3.66. The maximum atomic E-state index is 12.6. The number of rotatable bonds is 7. The van der Waals surface area contributed by atoms with Gasteiger partial charge in [-0.3, -0.25) is 0 Å². The fourth-order valence-electron chi connectivity index (χ4n) is 2.28. The molecule has 2 aromatic rings. The highest BCUT2D eigenvalue weighted by molar-refractivity contribution is 7.98. The molecule has 8 heteroatoms. The molecule has 0 unspecified atom stereocenters. The Labute approximate surface area is 163 Å². The van der Waals surface area contributed by atoms with Gasteiger partial charge in [-0.1, -0.05) is 35.3 Å². The van der Waals surface area contributed by atoms with Gasteiger partial charge in [-0.25, -0.2) is 12.7 Å². The standard InChI is InChI=1S/C17H19Cl2NO3S2/c1-20(10-12-5-7-17(24-3)16(9-12)23-2)25(21,22)11-13-4-6-14(18)15(19)8-13/h4-9H,10-11H2,1-3H3. The molecule has 0 saturated heterocycles. The van der Waals surface area contributed by atoms with Crippen molar-refractivity contribution in [2.24, 2.45) is 0 Å². The van der Waals surface area contributed by atoms with Gasteiger partial charge in [-0.05, 0) is 41.6 Å². The molecule has 136 valence electrons. The maximum absolute atomic E-state index is 12.6. The van der Waals surface area contributed by atoms with Crippen molar-refractivity contribution in [1.29, 1.82) is 0 Å². The van der Waals surface area contributed by atoms with E-state index in [4.69, 9.17) is 27.9 Å². The van der Waals surface area contributed by atoms with E-state index >= 15 is 0 Å². The lowest BCUT2D eigenvalue weighted by Crippen LogP contribution is -2.27. The van der Waals surface area contributed by atoms with Crippen molar-refractivity contribution in [2.45, 2.75) is 17.2 Å². The molecule has 0 N–H and O–H groups in total. The molecule has 0 atom stereocenters. The minimum atomic E-state index is -3.49. The second-order valence-electron chi connectivity index (χ2n) is 5.45. The Morgan fingerprint density at radius 3 is 2.36 bits per heavy atom. The highest BCUT2D eigenvalue weighted by atomic mass is 35.5. The summed E-state index contributed by atoms with van der Waals surface area (Å²) in [6.07, 6.45) is 1.96. The molecular weight excluding hydrogens is 401 g/mol. The molecule has 0 heterocycles. The van der Waals surface area contributed by atoms with E-state index in [2.05, 4.69) is 0 Å². The summed E-state index contributed by atoms with van der Waals surface area (Å²) in [6, 6.07) is 10.5. The Bertz CT molecular complexity index is 857. The van der Waals surface area contributed by atoms with E-state index in [0.29, 0.717) is 15.6 Å². The summed E-state index contributed by atoms with van der Waals surface area (Å²) >= 11 is 13.4. The van der Waals surface area contributed by atoms with E-state index in [1.54, 1.807) is 44.1 Å². The first-order valence-electron chi connectivity index (χ1n) is 7.35. The fraction of sp³-hybridized carbons (Fsp3) is 0.294. The van der Waals surface area contributed by atoms with Crippen molar-refractivity contribution in [2.75, 3.05) is 20.4 Å². The number of thioether (sulfide) groups is 1. The number of sulfonamides is 1. The van der Waals surface area contributed by atoms with Gasteiger partial charge in [-0.2, -0.15) is 0 Å². The number of benzene rings is 2. The van der Waals surface area contributed by atoms with E-state index in [9.17, 15) is 8.42 Å². The molecule has 4 nitrogen and oxygen atoms in total. The van der Waals surface area contributed by atoms with Crippen molar-refractivity contribution in [1.82, 2.24) is 4.31 Å². The van der Waals surface area contributed by atoms with Crippen molar-refractivity contribution >= 4 is 45.0 Å². The molecule has 0 aliphatic rings. The van der Waals surface area contributed by atoms with Gasteiger partial charge in [0.25, 0.3) is 0 Å². The second-order valence-corrected chi connectivity index (χ2v) is 9.19. The minimum Gasteiger partial charge on any atom is -0.496 e. The predicted molar refractivity (Wildman–Crippen MR) is 105 cm³/mol. The van der Waals surface area contributed by atoms with Crippen molar-refractivity contribution in [3.63, 3.8) is 0 Å². The zero-order valence-corrected chi connectivity index (χ0v) is 17.3. The molecule has 0 aliphatic carbocycles. The number of hydrogen-bond donors (Lipinski definition) is 0. The Hall–Kier alpha value is -0.920. The predicted octanol–water partition coefficient (Wildman–Crippen LogP) is 4.69. The smallest absolute Gasteiger partial charge is 0.218 e. The molecule has 0 spiro atoms. The molecule has 0 amide bonds. The van der Waals surface area contributed by atoms with Crippen LogP contribution in [0.15, 0.2) is 41.3 Å². The lowest BCUT2D eigenvalue weighted by atomic mass is 10.2. The number of hydrogen-bond acceptors (Lipinski definition) is 4. The Morgan fingerprint density at radius 1 is 1.08 bits per heavy atom. The number of methoxy groups -OCH3 is 1. The van der Waals surface area contributed by atoms with Crippen LogP contribution in [0.5, 0.6) is 5.75 Å². The summed E-state index contributed by atoms with van der Waals surface area (Å²) in [5, 5.41) is 0.742. The molecule has 25 heavy (non-hydrogen) atoms. The van der Waals surface area contributed by atoms with Crippen LogP contribution in [0.1, 0.15) is 11.1 Å². The average Bonchev–Trinajstić information content (AvgIpc) is 2.57. The van der Waals surface area contributed by atoms with Gasteiger partial charge in [0.15, 0.2) is 0 Å². The molecule has 2 rings (SSSR count). The quantitative estimate of drug-likeness (QED) is 0.610. The van der Waals surface area contributed by atoms with E-state index < -0.39 is 10.0 Å². The number of halogens is 2. The van der Waals surface area contributed by atoms with Crippen LogP contribution in [-0.4, -0.2) is 33.1 Å². The first-order valence-corrected chi connectivity index (χ1v) is 10.9. The summed E-state index contributed by atoms with van der Waals surface area (Å²) in [5.74, 6) is 0.598. The molecule has 0 bridgehead atoms. The minimum absolute atomic E-state index is 0.138. The van der Waals surface area contributed by atoms with Crippen LogP contribution in [0.4, 0.5) is 0 Å². The summed E-state index contributed by atoms with van der Waals surface area (Å²) < 4.78 is 31.9. The summed E-state index contributed by atoms with van der Waals surface area (Å²) in [4.78, 5) is 1.01. The van der Waals surface area contributed by atoms with Crippen LogP contribution in [0.2, 0.25) is 10.0 Å². The maximum Gasteiger partial charge on any atom is 0.218 e. The highest BCUT2D eigenvalue weighted by Crippen LogP contribution is 2.29. The Morgan fingerprint density at radius 2 is 1.76 bits per heavy atom. The van der Waals surface area contributed by atoms with Crippen LogP contribution >= 0.6 is 35.0 Å². The van der Waals surface area contributed by atoms with E-state index in [0.717, 1.165) is 16.2 Å². The van der Waals surface area contributed by atoms with Crippen molar-refractivity contribution in [3.05, 3.63) is 57.6 Å². The molecule has 0 radical (unpaired) electrons. The zero-order valence-electron chi connectivity index (χ0n) is 14.1. The summed E-state index contributed by atoms with van der Waals surface area (Å²) in [6.45, 7) is 0.259. The summed E-state index contributed by atoms with van der Waals surface area (Å²) in [5.41, 5.74) is 1.45. The van der Waals surface area contributed by atoms with E-state index in [1.807, 2.05) is 24.5 Å². The lowest BCUT2D eigenvalue weighted by Gasteiger charge is -2.18. The second kappa shape index (κ2) is 8.64. The van der Waals surface area contributed by atoms with Crippen LogP contribution in [0, 0.1) is 0 Å². The number of ether oxygens (including phenoxy) is 1. The van der Waals surface area contributed by atoms with Gasteiger partial charge in [0, 0.05) is 18.5 Å². The molecule has 0 saturated carbocycles.